The Bertz CT molecular complexity index is 240. The fourth-order valence-electron chi connectivity index (χ4n) is 0.831. The van der Waals surface area contributed by atoms with Crippen molar-refractivity contribution in [2.45, 2.75) is 40.2 Å². The molecule has 102 valence electrons. The molecule has 1 amide bonds. The molecule has 0 spiro atoms. The molecule has 1 unspecified atom stereocenters. The van der Waals surface area contributed by atoms with Crippen molar-refractivity contribution >= 4 is 11.9 Å². The van der Waals surface area contributed by atoms with Gasteiger partial charge in [-0.1, -0.05) is 27.7 Å². The molecule has 0 aliphatic carbocycles. The van der Waals surface area contributed by atoms with Crippen molar-refractivity contribution in [1.29, 1.82) is 0 Å². The lowest BCUT2D eigenvalue weighted by molar-refractivity contribution is -0.138. The number of hydrogen-bond acceptors (Lipinski definition) is 4. The van der Waals surface area contributed by atoms with Crippen LogP contribution < -0.4 is 5.32 Å². The molecule has 0 aromatic heterocycles. The number of carboxylic acid groups (broad SMARTS) is 1. The summed E-state index contributed by atoms with van der Waals surface area (Å²) in [7, 11) is 0. The Labute approximate surface area is 102 Å². The zero-order chi connectivity index (χ0) is 14.1. The maximum absolute atomic E-state index is 11.3. The first-order chi connectivity index (χ1) is 7.81. The number of rotatable bonds is 6. The third kappa shape index (κ3) is 7.70. The van der Waals surface area contributed by atoms with Crippen molar-refractivity contribution in [1.82, 2.24) is 5.32 Å². The van der Waals surface area contributed by atoms with Gasteiger partial charge in [-0.15, -0.1) is 0 Å². The van der Waals surface area contributed by atoms with Gasteiger partial charge in [0.25, 0.3) is 0 Å². The second-order valence-electron chi connectivity index (χ2n) is 3.98. The fourth-order valence-corrected chi connectivity index (χ4v) is 0.831. The molecule has 1 atom stereocenters. The summed E-state index contributed by atoms with van der Waals surface area (Å²) in [5.74, 6) is -1.69. The van der Waals surface area contributed by atoms with Gasteiger partial charge in [-0.05, 0) is 0 Å². The van der Waals surface area contributed by atoms with Crippen LogP contribution in [0, 0.1) is 5.41 Å². The second kappa shape index (κ2) is 8.95. The third-order valence-corrected chi connectivity index (χ3v) is 2.03. The molecule has 0 bridgehead atoms. The molecule has 4 N–H and O–H groups in total. The van der Waals surface area contributed by atoms with E-state index in [0.29, 0.717) is 0 Å². The Balaban J connectivity index is 0. The molecule has 0 aromatic rings. The summed E-state index contributed by atoms with van der Waals surface area (Å²) in [5, 5.41) is 29.0. The third-order valence-electron chi connectivity index (χ3n) is 2.03. The number of hydrogen-bond donors (Lipinski definition) is 4. The van der Waals surface area contributed by atoms with Gasteiger partial charge >= 0.3 is 5.97 Å². The molecule has 6 nitrogen and oxygen atoms in total. The maximum atomic E-state index is 11.3. The molecule has 0 rings (SSSR count). The molecular formula is C11H23NO5. The van der Waals surface area contributed by atoms with Gasteiger partial charge in [-0.3, -0.25) is 9.59 Å². The predicted molar refractivity (Wildman–Crippen MR) is 63.5 cm³/mol. The van der Waals surface area contributed by atoms with E-state index in [2.05, 4.69) is 5.32 Å². The normalized spacial score (nSPS) is 12.1. The predicted octanol–water partition coefficient (Wildman–Crippen LogP) is -0.0171. The summed E-state index contributed by atoms with van der Waals surface area (Å²) < 4.78 is 0. The van der Waals surface area contributed by atoms with E-state index in [1.54, 1.807) is 0 Å². The van der Waals surface area contributed by atoms with Crippen molar-refractivity contribution in [3.05, 3.63) is 0 Å². The Hall–Kier alpha value is -1.14. The van der Waals surface area contributed by atoms with Gasteiger partial charge in [0.1, 0.15) is 6.10 Å². The number of amides is 1. The molecule has 0 aliphatic heterocycles. The summed E-state index contributed by atoms with van der Waals surface area (Å²) in [6.07, 6.45) is -1.55. The van der Waals surface area contributed by atoms with Crippen molar-refractivity contribution in [2.75, 3.05) is 13.2 Å². The van der Waals surface area contributed by atoms with E-state index in [4.69, 9.17) is 10.2 Å². The number of aliphatic hydroxyl groups excluding tert-OH is 2. The van der Waals surface area contributed by atoms with Crippen LogP contribution >= 0.6 is 0 Å². The van der Waals surface area contributed by atoms with Crippen LogP contribution in [0.25, 0.3) is 0 Å². The lowest BCUT2D eigenvalue weighted by Crippen LogP contribution is -2.45. The zero-order valence-corrected chi connectivity index (χ0v) is 10.9. The van der Waals surface area contributed by atoms with Crippen LogP contribution in [0.15, 0.2) is 0 Å². The summed E-state index contributed by atoms with van der Waals surface area (Å²) in [5.41, 5.74) is -0.937. The molecule has 0 saturated carbocycles. The Morgan fingerprint density at radius 3 is 2.12 bits per heavy atom. The summed E-state index contributed by atoms with van der Waals surface area (Å²) in [4.78, 5) is 21.4. The van der Waals surface area contributed by atoms with Gasteiger partial charge in [0, 0.05) is 12.0 Å². The second-order valence-corrected chi connectivity index (χ2v) is 3.98. The van der Waals surface area contributed by atoms with Gasteiger partial charge in [0.05, 0.1) is 13.0 Å². The summed E-state index contributed by atoms with van der Waals surface area (Å²) in [6.45, 7) is 6.70. The van der Waals surface area contributed by atoms with Crippen LogP contribution in [0.1, 0.15) is 34.1 Å². The number of aliphatic carboxylic acids is 1. The van der Waals surface area contributed by atoms with Crippen LogP contribution in [0.4, 0.5) is 0 Å². The number of nitrogens with one attached hydrogen (secondary N) is 1. The molecule has 0 aliphatic rings. The van der Waals surface area contributed by atoms with Gasteiger partial charge in [-0.25, -0.2) is 0 Å². The van der Waals surface area contributed by atoms with Crippen molar-refractivity contribution in [3.63, 3.8) is 0 Å². The standard InChI is InChI=1S/C9H17NO5.C2H6/c1-9(2,5-11)7(14)8(15)10-4-3-6(12)13;1-2/h7,11,14H,3-5H2,1-2H3,(H,10,15)(H,12,13);1-2H3. The van der Waals surface area contributed by atoms with Crippen molar-refractivity contribution < 1.29 is 24.9 Å². The number of carboxylic acids is 1. The Morgan fingerprint density at radius 1 is 1.29 bits per heavy atom. The highest BCUT2D eigenvalue weighted by Gasteiger charge is 2.32. The van der Waals surface area contributed by atoms with E-state index in [1.807, 2.05) is 13.8 Å². The minimum Gasteiger partial charge on any atom is -0.481 e. The molecule has 0 radical (unpaired) electrons. The summed E-state index contributed by atoms with van der Waals surface area (Å²) >= 11 is 0. The molecule has 0 aromatic carbocycles. The fraction of sp³-hybridized carbons (Fsp3) is 0.818. The molecule has 6 heteroatoms. The highest BCUT2D eigenvalue weighted by atomic mass is 16.4. The Morgan fingerprint density at radius 2 is 1.76 bits per heavy atom. The topological polar surface area (TPSA) is 107 Å². The van der Waals surface area contributed by atoms with Crippen LogP contribution in [0.2, 0.25) is 0 Å². The lowest BCUT2D eigenvalue weighted by Gasteiger charge is -2.26. The van der Waals surface area contributed by atoms with Gasteiger partial charge in [0.2, 0.25) is 5.91 Å². The van der Waals surface area contributed by atoms with E-state index in [-0.39, 0.29) is 19.6 Å². The van der Waals surface area contributed by atoms with Crippen LogP contribution in [0.5, 0.6) is 0 Å². The van der Waals surface area contributed by atoms with E-state index >= 15 is 0 Å². The SMILES string of the molecule is CC.CC(C)(CO)C(O)C(=O)NCCC(=O)O. The van der Waals surface area contributed by atoms with Crippen molar-refractivity contribution in [2.24, 2.45) is 5.41 Å². The van der Waals surface area contributed by atoms with Gasteiger partial charge < -0.3 is 20.6 Å². The minimum absolute atomic E-state index is 0.0350. The smallest absolute Gasteiger partial charge is 0.305 e. The number of aliphatic hydroxyl groups is 2. The molecular weight excluding hydrogens is 226 g/mol. The van der Waals surface area contributed by atoms with E-state index in [1.165, 1.54) is 13.8 Å². The monoisotopic (exact) mass is 249 g/mol. The first-order valence-electron chi connectivity index (χ1n) is 5.59. The summed E-state index contributed by atoms with van der Waals surface area (Å²) in [6, 6.07) is 0. The average molecular weight is 249 g/mol. The van der Waals surface area contributed by atoms with Gasteiger partial charge in [-0.2, -0.15) is 0 Å². The van der Waals surface area contributed by atoms with E-state index in [0.717, 1.165) is 0 Å². The molecule has 0 fully saturated rings. The minimum atomic E-state index is -1.35. The largest absolute Gasteiger partial charge is 0.481 e. The van der Waals surface area contributed by atoms with E-state index < -0.39 is 23.4 Å². The maximum Gasteiger partial charge on any atom is 0.305 e. The first-order valence-corrected chi connectivity index (χ1v) is 5.59. The van der Waals surface area contributed by atoms with Gasteiger partial charge in [0.15, 0.2) is 0 Å². The Kier molecular flexibility index (Phi) is 9.60. The zero-order valence-electron chi connectivity index (χ0n) is 10.9. The highest BCUT2D eigenvalue weighted by molar-refractivity contribution is 5.81. The lowest BCUT2D eigenvalue weighted by atomic mass is 9.87. The van der Waals surface area contributed by atoms with Crippen LogP contribution in [-0.2, 0) is 9.59 Å². The quantitative estimate of drug-likeness (QED) is 0.529. The number of carbonyl (C=O) groups excluding carboxylic acids is 1. The highest BCUT2D eigenvalue weighted by Crippen LogP contribution is 2.19. The molecule has 17 heavy (non-hydrogen) atoms. The van der Waals surface area contributed by atoms with Crippen molar-refractivity contribution in [3.8, 4) is 0 Å². The molecule has 0 heterocycles. The van der Waals surface area contributed by atoms with E-state index in [9.17, 15) is 14.7 Å². The number of carbonyl (C=O) groups is 2. The molecule has 0 saturated heterocycles. The average Bonchev–Trinajstić information content (AvgIpc) is 2.30. The van der Waals surface area contributed by atoms with Crippen LogP contribution in [-0.4, -0.2) is 46.5 Å². The first kappa shape index (κ1) is 18.2. The van der Waals surface area contributed by atoms with Crippen LogP contribution in [0.3, 0.4) is 0 Å².